The summed E-state index contributed by atoms with van der Waals surface area (Å²) in [6.45, 7) is 4.92. The van der Waals surface area contributed by atoms with Gasteiger partial charge >= 0.3 is 6.01 Å². The second-order valence-corrected chi connectivity index (χ2v) is 4.70. The summed E-state index contributed by atoms with van der Waals surface area (Å²) < 4.78 is 10.5. The number of hydrogen-bond acceptors (Lipinski definition) is 7. The first-order valence-electron chi connectivity index (χ1n) is 6.16. The van der Waals surface area contributed by atoms with E-state index in [0.29, 0.717) is 19.6 Å². The fraction of sp³-hybridized carbons (Fsp3) is 0.727. The minimum atomic E-state index is -0.926. The minimum Gasteiger partial charge on any atom is -0.464 e. The highest BCUT2D eigenvalue weighted by molar-refractivity contribution is 6.28. The van der Waals surface area contributed by atoms with E-state index in [1.165, 1.54) is 0 Å². The van der Waals surface area contributed by atoms with E-state index >= 15 is 0 Å². The van der Waals surface area contributed by atoms with Crippen LogP contribution in [0.25, 0.3) is 0 Å². The molecular formula is C11H17ClN4O3. The molecule has 2 heterocycles. The number of rotatable bonds is 5. The van der Waals surface area contributed by atoms with Crippen LogP contribution in [0.5, 0.6) is 6.01 Å². The van der Waals surface area contributed by atoms with Crippen LogP contribution in [0.4, 0.5) is 5.95 Å². The van der Waals surface area contributed by atoms with Gasteiger partial charge in [-0.15, -0.1) is 0 Å². The zero-order valence-electron chi connectivity index (χ0n) is 10.9. The maximum absolute atomic E-state index is 10.3. The Morgan fingerprint density at radius 3 is 2.95 bits per heavy atom. The van der Waals surface area contributed by atoms with Crippen LogP contribution in [0.2, 0.25) is 5.28 Å². The van der Waals surface area contributed by atoms with Gasteiger partial charge in [-0.05, 0) is 25.4 Å². The third-order valence-corrected chi connectivity index (χ3v) is 3.24. The fourth-order valence-corrected chi connectivity index (χ4v) is 1.99. The van der Waals surface area contributed by atoms with E-state index in [4.69, 9.17) is 21.1 Å². The Kier molecular flexibility index (Phi) is 4.38. The number of halogens is 1. The van der Waals surface area contributed by atoms with E-state index in [9.17, 15) is 5.11 Å². The summed E-state index contributed by atoms with van der Waals surface area (Å²) in [4.78, 5) is 11.8. The normalized spacial score (nSPS) is 26.4. The summed E-state index contributed by atoms with van der Waals surface area (Å²) in [6, 6.07) is 0.160. The summed E-state index contributed by atoms with van der Waals surface area (Å²) in [5, 5.41) is 13.3. The van der Waals surface area contributed by atoms with Gasteiger partial charge in [-0.2, -0.15) is 15.0 Å². The van der Waals surface area contributed by atoms with Gasteiger partial charge in [0.1, 0.15) is 5.60 Å². The van der Waals surface area contributed by atoms with Crippen molar-refractivity contribution in [1.29, 1.82) is 0 Å². The van der Waals surface area contributed by atoms with E-state index in [1.54, 1.807) is 0 Å². The molecule has 19 heavy (non-hydrogen) atoms. The molecule has 1 aromatic heterocycles. The lowest BCUT2D eigenvalue weighted by Crippen LogP contribution is -2.43. The molecule has 0 radical (unpaired) electrons. The van der Waals surface area contributed by atoms with Crippen molar-refractivity contribution in [3.05, 3.63) is 5.28 Å². The van der Waals surface area contributed by atoms with Crippen molar-refractivity contribution in [3.8, 4) is 6.01 Å². The lowest BCUT2D eigenvalue weighted by molar-refractivity contribution is -0.0177. The largest absolute Gasteiger partial charge is 0.464 e. The van der Waals surface area contributed by atoms with Gasteiger partial charge in [-0.3, -0.25) is 0 Å². The van der Waals surface area contributed by atoms with Crippen molar-refractivity contribution in [2.75, 3.05) is 25.1 Å². The number of nitrogens with one attached hydrogen (secondary N) is 1. The predicted molar refractivity (Wildman–Crippen MR) is 69.5 cm³/mol. The molecule has 7 nitrogen and oxygen atoms in total. The number of anilines is 1. The molecule has 2 unspecified atom stereocenters. The van der Waals surface area contributed by atoms with Crippen molar-refractivity contribution in [2.24, 2.45) is 0 Å². The number of ether oxygens (including phenoxy) is 2. The molecule has 0 saturated carbocycles. The molecule has 1 aromatic rings. The van der Waals surface area contributed by atoms with E-state index in [0.717, 1.165) is 0 Å². The Labute approximate surface area is 116 Å². The third kappa shape index (κ3) is 3.43. The van der Waals surface area contributed by atoms with Gasteiger partial charge in [-0.25, -0.2) is 0 Å². The van der Waals surface area contributed by atoms with Crippen molar-refractivity contribution >= 4 is 17.5 Å². The summed E-state index contributed by atoms with van der Waals surface area (Å²) >= 11 is 5.78. The second-order valence-electron chi connectivity index (χ2n) is 4.36. The van der Waals surface area contributed by atoms with Gasteiger partial charge in [-0.1, -0.05) is 0 Å². The molecule has 1 aliphatic rings. The monoisotopic (exact) mass is 288 g/mol. The Balaban J connectivity index is 2.03. The first-order chi connectivity index (χ1) is 9.03. The topological polar surface area (TPSA) is 89.4 Å². The van der Waals surface area contributed by atoms with Crippen LogP contribution in [-0.2, 0) is 4.74 Å². The molecule has 2 rings (SSSR count). The summed E-state index contributed by atoms with van der Waals surface area (Å²) in [5.41, 5.74) is -0.926. The first-order valence-corrected chi connectivity index (χ1v) is 6.53. The summed E-state index contributed by atoms with van der Waals surface area (Å²) in [6.07, 6.45) is 0.335. The Morgan fingerprint density at radius 1 is 1.53 bits per heavy atom. The summed E-state index contributed by atoms with van der Waals surface area (Å²) in [5.74, 6) is 0.274. The van der Waals surface area contributed by atoms with Gasteiger partial charge in [0.25, 0.3) is 0 Å². The Morgan fingerprint density at radius 2 is 2.32 bits per heavy atom. The van der Waals surface area contributed by atoms with E-state index in [-0.39, 0.29) is 29.9 Å². The zero-order valence-corrected chi connectivity index (χ0v) is 11.6. The minimum absolute atomic E-state index is 0.0451. The van der Waals surface area contributed by atoms with Gasteiger partial charge < -0.3 is 19.9 Å². The van der Waals surface area contributed by atoms with Gasteiger partial charge in [0.15, 0.2) is 0 Å². The SMILES string of the molecule is CCOc1nc(Cl)nc(NCC2(O)CCOC2C)n1. The van der Waals surface area contributed by atoms with Crippen molar-refractivity contribution in [1.82, 2.24) is 15.0 Å². The molecule has 0 spiro atoms. The maximum atomic E-state index is 10.3. The molecule has 0 aliphatic carbocycles. The molecule has 0 bridgehead atoms. The molecule has 106 valence electrons. The maximum Gasteiger partial charge on any atom is 0.322 e. The van der Waals surface area contributed by atoms with Crippen LogP contribution in [0.3, 0.4) is 0 Å². The van der Waals surface area contributed by atoms with Crippen LogP contribution in [0.15, 0.2) is 0 Å². The van der Waals surface area contributed by atoms with Gasteiger partial charge in [0, 0.05) is 19.6 Å². The van der Waals surface area contributed by atoms with Crippen LogP contribution in [0, 0.1) is 0 Å². The quantitative estimate of drug-likeness (QED) is 0.831. The number of aromatic nitrogens is 3. The van der Waals surface area contributed by atoms with Gasteiger partial charge in [0.05, 0.1) is 12.7 Å². The predicted octanol–water partition coefficient (Wildman–Crippen LogP) is 0.875. The lowest BCUT2D eigenvalue weighted by Gasteiger charge is -2.26. The molecule has 2 atom stereocenters. The first kappa shape index (κ1) is 14.2. The smallest absolute Gasteiger partial charge is 0.322 e. The Hall–Kier alpha value is -1.18. The molecule has 1 aliphatic heterocycles. The van der Waals surface area contributed by atoms with E-state index in [2.05, 4.69) is 20.3 Å². The summed E-state index contributed by atoms with van der Waals surface area (Å²) in [7, 11) is 0. The second kappa shape index (κ2) is 5.85. The van der Waals surface area contributed by atoms with Crippen LogP contribution in [0.1, 0.15) is 20.3 Å². The number of hydrogen-bond donors (Lipinski definition) is 2. The number of aliphatic hydroxyl groups is 1. The average Bonchev–Trinajstić information content (AvgIpc) is 2.68. The van der Waals surface area contributed by atoms with E-state index < -0.39 is 5.60 Å². The lowest BCUT2D eigenvalue weighted by atomic mass is 9.97. The highest BCUT2D eigenvalue weighted by Gasteiger charge is 2.39. The molecule has 2 N–H and O–H groups in total. The van der Waals surface area contributed by atoms with Crippen molar-refractivity contribution < 1.29 is 14.6 Å². The van der Waals surface area contributed by atoms with Crippen molar-refractivity contribution in [2.45, 2.75) is 32.0 Å². The zero-order chi connectivity index (χ0) is 13.9. The third-order valence-electron chi connectivity index (χ3n) is 3.07. The van der Waals surface area contributed by atoms with Crippen molar-refractivity contribution in [3.63, 3.8) is 0 Å². The van der Waals surface area contributed by atoms with Gasteiger partial charge in [0.2, 0.25) is 11.2 Å². The average molecular weight is 289 g/mol. The molecule has 1 fully saturated rings. The molecule has 1 saturated heterocycles. The number of nitrogens with zero attached hydrogens (tertiary/aromatic N) is 3. The molecule has 0 aromatic carbocycles. The molecular weight excluding hydrogens is 272 g/mol. The highest BCUT2D eigenvalue weighted by atomic mass is 35.5. The highest BCUT2D eigenvalue weighted by Crippen LogP contribution is 2.25. The standard InChI is InChI=1S/C11H17ClN4O3/c1-3-18-10-15-8(12)14-9(16-10)13-6-11(17)4-5-19-7(11)2/h7,17H,3-6H2,1-2H3,(H,13,14,15,16). The van der Waals surface area contributed by atoms with Crippen LogP contribution in [-0.4, -0.2) is 51.5 Å². The fourth-order valence-electron chi connectivity index (χ4n) is 1.84. The van der Waals surface area contributed by atoms with Crippen LogP contribution >= 0.6 is 11.6 Å². The Bertz CT molecular complexity index is 448. The molecule has 8 heteroatoms. The molecule has 0 amide bonds. The van der Waals surface area contributed by atoms with E-state index in [1.807, 2.05) is 13.8 Å². The van der Waals surface area contributed by atoms with Crippen LogP contribution < -0.4 is 10.1 Å².